The lowest BCUT2D eigenvalue weighted by Gasteiger charge is -2.37. The Morgan fingerprint density at radius 3 is 2.25 bits per heavy atom. The van der Waals surface area contributed by atoms with E-state index in [4.69, 9.17) is 0 Å². The lowest BCUT2D eigenvalue weighted by atomic mass is 9.88. The maximum Gasteiger partial charge on any atom is 0.262 e. The second-order valence-electron chi connectivity index (χ2n) is 7.79. The predicted octanol–water partition coefficient (Wildman–Crippen LogP) is 1.67. The van der Waals surface area contributed by atoms with Crippen molar-refractivity contribution in [2.75, 3.05) is 45.8 Å². The zero-order chi connectivity index (χ0) is 18.6. The molecule has 1 unspecified atom stereocenters. The summed E-state index contributed by atoms with van der Waals surface area (Å²) in [4.78, 5) is 28.6. The van der Waals surface area contributed by atoms with Crippen molar-refractivity contribution < 1.29 is 18.4 Å². The van der Waals surface area contributed by atoms with Gasteiger partial charge in [-0.2, -0.15) is 0 Å². The monoisotopic (exact) mass is 444 g/mol. The maximum atomic E-state index is 13.1. The average Bonchev–Trinajstić information content (AvgIpc) is 3.02. The van der Waals surface area contributed by atoms with Crippen molar-refractivity contribution in [3.63, 3.8) is 0 Å². The van der Waals surface area contributed by atoms with E-state index < -0.39 is 24.9 Å². The van der Waals surface area contributed by atoms with Crippen LogP contribution >= 0.6 is 24.8 Å². The molecule has 28 heavy (non-hydrogen) atoms. The normalized spacial score (nSPS) is 25.5. The summed E-state index contributed by atoms with van der Waals surface area (Å²) in [7, 11) is 0. The molecule has 1 aliphatic carbocycles. The van der Waals surface area contributed by atoms with E-state index in [1.807, 2.05) is 4.90 Å². The average molecular weight is 445 g/mol. The van der Waals surface area contributed by atoms with Gasteiger partial charge in [0.15, 0.2) is 0 Å². The Morgan fingerprint density at radius 2 is 1.68 bits per heavy atom. The quantitative estimate of drug-likeness (QED) is 0.676. The van der Waals surface area contributed by atoms with E-state index in [0.29, 0.717) is 19.0 Å². The molecule has 1 saturated carbocycles. The molecule has 6 nitrogen and oxygen atoms in total. The summed E-state index contributed by atoms with van der Waals surface area (Å²) in [5, 5.41) is 5.30. The van der Waals surface area contributed by atoms with Crippen LogP contribution in [0.2, 0.25) is 0 Å². The fourth-order valence-corrected chi connectivity index (χ4v) is 4.16. The molecule has 0 spiro atoms. The van der Waals surface area contributed by atoms with Crippen LogP contribution in [0.25, 0.3) is 0 Å². The van der Waals surface area contributed by atoms with Gasteiger partial charge in [0.25, 0.3) is 5.92 Å². The second kappa shape index (κ2) is 11.5. The molecular formula is C18H32Cl2F2N4O2. The SMILES string of the molecule is Cl.Cl.O=C(NCCN1CCN(C(=O)C2CCCCC2)CC1)C1CC(F)(F)CN1. The van der Waals surface area contributed by atoms with Gasteiger partial charge in [0.05, 0.1) is 12.6 Å². The standard InChI is InChI=1S/C18H30F2N4O2.2ClH/c19-18(20)12-15(22-13-18)16(25)21-6-7-23-8-10-24(11-9-23)17(26)14-4-2-1-3-5-14;;/h14-15,22H,1-13H2,(H,21,25);2*1H. The minimum Gasteiger partial charge on any atom is -0.353 e. The number of nitrogens with one attached hydrogen (secondary N) is 2. The van der Waals surface area contributed by atoms with Gasteiger partial charge in [-0.05, 0) is 12.8 Å². The van der Waals surface area contributed by atoms with Gasteiger partial charge in [0.1, 0.15) is 0 Å². The summed E-state index contributed by atoms with van der Waals surface area (Å²) in [6, 6.07) is -0.796. The van der Waals surface area contributed by atoms with Crippen LogP contribution in [0.4, 0.5) is 8.78 Å². The van der Waals surface area contributed by atoms with Crippen LogP contribution in [-0.2, 0) is 9.59 Å². The minimum absolute atomic E-state index is 0. The van der Waals surface area contributed by atoms with Gasteiger partial charge in [-0.25, -0.2) is 8.78 Å². The van der Waals surface area contributed by atoms with Gasteiger partial charge in [-0.1, -0.05) is 19.3 Å². The molecule has 0 radical (unpaired) electrons. The number of alkyl halides is 2. The number of carbonyl (C=O) groups is 2. The highest BCUT2D eigenvalue weighted by atomic mass is 35.5. The Labute approximate surface area is 178 Å². The molecular weight excluding hydrogens is 413 g/mol. The van der Waals surface area contributed by atoms with Crippen LogP contribution in [0, 0.1) is 5.92 Å². The van der Waals surface area contributed by atoms with Gasteiger partial charge in [0.2, 0.25) is 11.8 Å². The predicted molar refractivity (Wildman–Crippen MR) is 108 cm³/mol. The molecule has 3 rings (SSSR count). The molecule has 0 aromatic carbocycles. The van der Waals surface area contributed by atoms with Crippen LogP contribution < -0.4 is 10.6 Å². The summed E-state index contributed by atoms with van der Waals surface area (Å²) < 4.78 is 26.2. The van der Waals surface area contributed by atoms with Crippen molar-refractivity contribution in [2.45, 2.75) is 50.5 Å². The van der Waals surface area contributed by atoms with Crippen LogP contribution in [0.1, 0.15) is 38.5 Å². The molecule has 3 aliphatic rings. The first-order valence-corrected chi connectivity index (χ1v) is 9.85. The molecule has 0 aromatic rings. The lowest BCUT2D eigenvalue weighted by Crippen LogP contribution is -2.52. The van der Waals surface area contributed by atoms with Crippen LogP contribution in [0.5, 0.6) is 0 Å². The summed E-state index contributed by atoms with van der Waals surface area (Å²) in [5.74, 6) is -2.62. The number of piperazine rings is 1. The Balaban J connectivity index is 0.00000196. The Bertz CT molecular complexity index is 514. The van der Waals surface area contributed by atoms with Gasteiger partial charge in [0, 0.05) is 51.6 Å². The van der Waals surface area contributed by atoms with E-state index in [2.05, 4.69) is 15.5 Å². The fraction of sp³-hybridized carbons (Fsp3) is 0.889. The highest BCUT2D eigenvalue weighted by molar-refractivity contribution is 5.85. The van der Waals surface area contributed by atoms with E-state index in [1.165, 1.54) is 6.42 Å². The molecule has 2 saturated heterocycles. The van der Waals surface area contributed by atoms with Gasteiger partial charge < -0.3 is 10.2 Å². The van der Waals surface area contributed by atoms with Crippen molar-refractivity contribution in [3.8, 4) is 0 Å². The van der Waals surface area contributed by atoms with Gasteiger partial charge in [-0.15, -0.1) is 24.8 Å². The summed E-state index contributed by atoms with van der Waals surface area (Å²) in [6.45, 7) is 3.77. The van der Waals surface area contributed by atoms with E-state index in [9.17, 15) is 18.4 Å². The first-order valence-electron chi connectivity index (χ1n) is 9.85. The van der Waals surface area contributed by atoms with Gasteiger partial charge in [-0.3, -0.25) is 19.8 Å². The minimum atomic E-state index is -2.79. The molecule has 164 valence electrons. The number of hydrogen-bond donors (Lipinski definition) is 2. The summed E-state index contributed by atoms with van der Waals surface area (Å²) >= 11 is 0. The molecule has 2 N–H and O–H groups in total. The third kappa shape index (κ3) is 6.97. The number of nitrogens with zero attached hydrogens (tertiary/aromatic N) is 2. The van der Waals surface area contributed by atoms with E-state index in [0.717, 1.165) is 51.9 Å². The highest BCUT2D eigenvalue weighted by Gasteiger charge is 2.42. The molecule has 2 heterocycles. The van der Waals surface area contributed by atoms with E-state index in [1.54, 1.807) is 0 Å². The molecule has 3 fully saturated rings. The van der Waals surface area contributed by atoms with Crippen molar-refractivity contribution in [3.05, 3.63) is 0 Å². The Kier molecular flexibility index (Phi) is 10.4. The smallest absolute Gasteiger partial charge is 0.262 e. The Hall–Kier alpha value is -0.700. The van der Waals surface area contributed by atoms with Crippen LogP contribution in [-0.4, -0.2) is 79.4 Å². The van der Waals surface area contributed by atoms with E-state index in [-0.39, 0.29) is 36.6 Å². The zero-order valence-corrected chi connectivity index (χ0v) is 17.8. The molecule has 2 aliphatic heterocycles. The Morgan fingerprint density at radius 1 is 1.04 bits per heavy atom. The first kappa shape index (κ1) is 25.3. The topological polar surface area (TPSA) is 64.7 Å². The lowest BCUT2D eigenvalue weighted by molar-refractivity contribution is -0.138. The number of carbonyl (C=O) groups excluding carboxylic acids is 2. The van der Waals surface area contributed by atoms with Gasteiger partial charge >= 0.3 is 0 Å². The molecule has 0 aromatic heterocycles. The summed E-state index contributed by atoms with van der Waals surface area (Å²) in [6.07, 6.45) is 5.20. The highest BCUT2D eigenvalue weighted by Crippen LogP contribution is 2.26. The number of hydrogen-bond acceptors (Lipinski definition) is 4. The molecule has 2 amide bonds. The third-order valence-electron chi connectivity index (χ3n) is 5.79. The molecule has 1 atom stereocenters. The fourth-order valence-electron chi connectivity index (χ4n) is 4.16. The first-order chi connectivity index (χ1) is 12.4. The van der Waals surface area contributed by atoms with Crippen molar-refractivity contribution in [1.82, 2.24) is 20.4 Å². The second-order valence-corrected chi connectivity index (χ2v) is 7.79. The molecule has 10 heteroatoms. The van der Waals surface area contributed by atoms with Crippen molar-refractivity contribution in [1.29, 1.82) is 0 Å². The maximum absolute atomic E-state index is 13.1. The van der Waals surface area contributed by atoms with Crippen molar-refractivity contribution >= 4 is 36.6 Å². The van der Waals surface area contributed by atoms with E-state index >= 15 is 0 Å². The largest absolute Gasteiger partial charge is 0.353 e. The van der Waals surface area contributed by atoms with Crippen LogP contribution in [0.15, 0.2) is 0 Å². The number of rotatable bonds is 5. The van der Waals surface area contributed by atoms with Crippen LogP contribution in [0.3, 0.4) is 0 Å². The third-order valence-corrected chi connectivity index (χ3v) is 5.79. The number of halogens is 4. The zero-order valence-electron chi connectivity index (χ0n) is 16.1. The van der Waals surface area contributed by atoms with Crippen molar-refractivity contribution in [2.24, 2.45) is 5.92 Å². The number of amides is 2. The molecule has 0 bridgehead atoms. The summed E-state index contributed by atoms with van der Waals surface area (Å²) in [5.41, 5.74) is 0.